The number of rotatable bonds is 1. The number of aromatic nitrogens is 1. The highest BCUT2D eigenvalue weighted by molar-refractivity contribution is 6.09. The number of para-hydroxylation sites is 1. The Morgan fingerprint density at radius 2 is 1.82 bits per heavy atom. The first-order valence-corrected chi connectivity index (χ1v) is 9.94. The third-order valence-electron chi connectivity index (χ3n) is 6.69. The van der Waals surface area contributed by atoms with Crippen LogP contribution < -0.4 is 9.80 Å². The van der Waals surface area contributed by atoms with Gasteiger partial charge in [0.2, 0.25) is 5.71 Å². The number of hydrogen-bond donors (Lipinski definition) is 0. The van der Waals surface area contributed by atoms with Gasteiger partial charge in [0.25, 0.3) is 0 Å². The van der Waals surface area contributed by atoms with Crippen molar-refractivity contribution in [2.24, 2.45) is 0 Å². The second-order valence-electron chi connectivity index (χ2n) is 8.44. The van der Waals surface area contributed by atoms with Crippen molar-refractivity contribution in [2.75, 3.05) is 16.3 Å². The molecule has 0 saturated carbocycles. The summed E-state index contributed by atoms with van der Waals surface area (Å²) in [6.45, 7) is 9.85. The van der Waals surface area contributed by atoms with Gasteiger partial charge in [-0.2, -0.15) is 0 Å². The van der Waals surface area contributed by atoms with Crippen molar-refractivity contribution in [2.45, 2.75) is 39.4 Å². The summed E-state index contributed by atoms with van der Waals surface area (Å²) in [6.07, 6.45) is 0.270. The predicted molar refractivity (Wildman–Crippen MR) is 114 cm³/mol. The van der Waals surface area contributed by atoms with Crippen molar-refractivity contribution in [3.8, 4) is 0 Å². The van der Waals surface area contributed by atoms with Crippen LogP contribution in [0.4, 0.5) is 11.4 Å². The molecule has 2 aliphatic rings. The van der Waals surface area contributed by atoms with Crippen LogP contribution in [-0.4, -0.2) is 17.7 Å². The van der Waals surface area contributed by atoms with Crippen LogP contribution in [0, 0.1) is 13.8 Å². The maximum absolute atomic E-state index is 6.38. The maximum atomic E-state index is 6.38. The van der Waals surface area contributed by atoms with Gasteiger partial charge in [-0.25, -0.2) is 4.98 Å². The van der Waals surface area contributed by atoms with Crippen LogP contribution in [0.1, 0.15) is 30.7 Å². The number of anilines is 2. The van der Waals surface area contributed by atoms with E-state index in [4.69, 9.17) is 4.42 Å². The third kappa shape index (κ3) is 1.78. The molecule has 2 unspecified atom stereocenters. The molecule has 4 heteroatoms. The molecule has 4 aromatic rings. The number of benzene rings is 2. The number of pyridine rings is 1. The predicted octanol–water partition coefficient (Wildman–Crippen LogP) is 5.50. The van der Waals surface area contributed by atoms with Crippen molar-refractivity contribution >= 4 is 33.4 Å². The number of fused-ring (bicyclic) bond motifs is 8. The molecule has 0 aliphatic carbocycles. The maximum Gasteiger partial charge on any atom is 0.227 e. The topological polar surface area (TPSA) is 32.5 Å². The zero-order valence-corrected chi connectivity index (χ0v) is 16.7. The smallest absolute Gasteiger partial charge is 0.227 e. The fraction of sp³-hybridized carbons (Fsp3) is 0.292. The molecular formula is C24H23N3O. The summed E-state index contributed by atoms with van der Waals surface area (Å²) in [5.41, 5.74) is 7.78. The molecule has 2 bridgehead atoms. The van der Waals surface area contributed by atoms with E-state index in [2.05, 4.69) is 84.1 Å². The lowest BCUT2D eigenvalue weighted by molar-refractivity contribution is 0.508. The van der Waals surface area contributed by atoms with Gasteiger partial charge in [-0.3, -0.25) is 0 Å². The molecule has 1 saturated heterocycles. The minimum atomic E-state index is -0.0721. The molecule has 1 fully saturated rings. The first-order chi connectivity index (χ1) is 13.5. The van der Waals surface area contributed by atoms with Gasteiger partial charge < -0.3 is 14.2 Å². The van der Waals surface area contributed by atoms with Crippen LogP contribution in [0.25, 0.3) is 22.1 Å². The Kier molecular flexibility index (Phi) is 2.90. The van der Waals surface area contributed by atoms with E-state index in [0.717, 1.165) is 34.3 Å². The molecule has 2 aliphatic heterocycles. The molecule has 0 N–H and O–H groups in total. The highest BCUT2D eigenvalue weighted by Gasteiger charge is 2.54. The van der Waals surface area contributed by atoms with E-state index in [1.807, 2.05) is 6.92 Å². The average Bonchev–Trinajstić information content (AvgIpc) is 3.27. The van der Waals surface area contributed by atoms with E-state index in [9.17, 15) is 0 Å². The Labute approximate surface area is 164 Å². The average molecular weight is 369 g/mol. The lowest BCUT2D eigenvalue weighted by Gasteiger charge is -2.43. The summed E-state index contributed by atoms with van der Waals surface area (Å²) >= 11 is 0. The molecule has 6 rings (SSSR count). The quantitative estimate of drug-likeness (QED) is 0.443. The first kappa shape index (κ1) is 16.0. The van der Waals surface area contributed by atoms with Crippen molar-refractivity contribution < 1.29 is 4.42 Å². The van der Waals surface area contributed by atoms with Crippen LogP contribution in [0.15, 0.2) is 52.9 Å². The van der Waals surface area contributed by atoms with Gasteiger partial charge in [0.15, 0.2) is 5.58 Å². The summed E-state index contributed by atoms with van der Waals surface area (Å²) in [5, 5.41) is 2.23. The van der Waals surface area contributed by atoms with Gasteiger partial charge in [-0.15, -0.1) is 0 Å². The molecule has 2 atom stereocenters. The van der Waals surface area contributed by atoms with Gasteiger partial charge >= 0.3 is 0 Å². The zero-order valence-electron chi connectivity index (χ0n) is 16.7. The van der Waals surface area contributed by atoms with Crippen LogP contribution >= 0.6 is 0 Å². The Morgan fingerprint density at radius 3 is 2.68 bits per heavy atom. The molecule has 140 valence electrons. The summed E-state index contributed by atoms with van der Waals surface area (Å²) in [5.74, 6) is 0. The molecule has 2 aromatic heterocycles. The highest BCUT2D eigenvalue weighted by atomic mass is 16.3. The van der Waals surface area contributed by atoms with Gasteiger partial charge in [-0.1, -0.05) is 30.3 Å². The van der Waals surface area contributed by atoms with Crippen molar-refractivity contribution in [1.29, 1.82) is 0 Å². The normalized spacial score (nSPS) is 23.2. The molecule has 0 amide bonds. The Hall–Kier alpha value is -3.01. The first-order valence-electron chi connectivity index (χ1n) is 9.94. The zero-order chi connectivity index (χ0) is 19.2. The summed E-state index contributed by atoms with van der Waals surface area (Å²) in [7, 11) is 0. The Morgan fingerprint density at radius 1 is 1.04 bits per heavy atom. The molecule has 0 radical (unpaired) electrons. The summed E-state index contributed by atoms with van der Waals surface area (Å²) in [4.78, 5) is 9.71. The second-order valence-corrected chi connectivity index (χ2v) is 8.44. The SMILES string of the molecule is Cc1ccc2c(n1)oc1c(N3C(C)N4CC3(C)c3ccccc34)c(C)ccc12. The monoisotopic (exact) mass is 369 g/mol. The largest absolute Gasteiger partial charge is 0.435 e. The Balaban J connectivity index is 1.65. The number of aryl methyl sites for hydroxylation is 2. The number of hydrogen-bond acceptors (Lipinski definition) is 4. The van der Waals surface area contributed by atoms with E-state index < -0.39 is 0 Å². The van der Waals surface area contributed by atoms with Crippen molar-refractivity contribution in [1.82, 2.24) is 4.98 Å². The molecule has 0 spiro atoms. The second kappa shape index (κ2) is 5.07. The number of furan rings is 1. The molecule has 2 aromatic carbocycles. The van der Waals surface area contributed by atoms with Crippen molar-refractivity contribution in [3.63, 3.8) is 0 Å². The van der Waals surface area contributed by atoms with Crippen LogP contribution in [0.5, 0.6) is 0 Å². The van der Waals surface area contributed by atoms with Crippen LogP contribution in [0.3, 0.4) is 0 Å². The van der Waals surface area contributed by atoms with Gasteiger partial charge in [-0.05, 0) is 51.5 Å². The van der Waals surface area contributed by atoms with Gasteiger partial charge in [0.05, 0.1) is 17.4 Å². The van der Waals surface area contributed by atoms with Crippen molar-refractivity contribution in [3.05, 3.63) is 65.4 Å². The van der Waals surface area contributed by atoms with E-state index in [1.54, 1.807) is 0 Å². The van der Waals surface area contributed by atoms with Gasteiger partial charge in [0, 0.05) is 34.3 Å². The fourth-order valence-electron chi connectivity index (χ4n) is 5.40. The Bertz CT molecular complexity index is 1270. The number of nitrogens with zero attached hydrogens (tertiary/aromatic N) is 3. The van der Waals surface area contributed by atoms with E-state index in [1.165, 1.54) is 22.5 Å². The van der Waals surface area contributed by atoms with Crippen LogP contribution in [0.2, 0.25) is 0 Å². The molecule has 4 heterocycles. The van der Waals surface area contributed by atoms with E-state index in [-0.39, 0.29) is 11.7 Å². The summed E-state index contributed by atoms with van der Waals surface area (Å²) < 4.78 is 6.38. The molecule has 4 nitrogen and oxygen atoms in total. The fourth-order valence-corrected chi connectivity index (χ4v) is 5.40. The van der Waals surface area contributed by atoms with E-state index >= 15 is 0 Å². The van der Waals surface area contributed by atoms with Gasteiger partial charge in [0.1, 0.15) is 0 Å². The lowest BCUT2D eigenvalue weighted by atomic mass is 9.90. The highest BCUT2D eigenvalue weighted by Crippen LogP contribution is 2.54. The lowest BCUT2D eigenvalue weighted by Crippen LogP contribution is -2.47. The summed E-state index contributed by atoms with van der Waals surface area (Å²) in [6, 6.07) is 17.4. The molecular weight excluding hydrogens is 346 g/mol. The standard InChI is InChI=1S/C24H23N3O/c1-14-9-11-17-18-12-10-15(2)25-23(18)28-22(17)21(14)27-16(3)26-13-24(27,4)19-7-5-6-8-20(19)26/h5-12,16H,13H2,1-4H3. The van der Waals surface area contributed by atoms with E-state index in [0.29, 0.717) is 0 Å². The molecule has 28 heavy (non-hydrogen) atoms. The van der Waals surface area contributed by atoms with Crippen LogP contribution in [-0.2, 0) is 5.54 Å². The third-order valence-corrected chi connectivity index (χ3v) is 6.69. The minimum absolute atomic E-state index is 0.0721. The minimum Gasteiger partial charge on any atom is -0.435 e.